The van der Waals surface area contributed by atoms with E-state index in [9.17, 15) is 0 Å². The van der Waals surface area contributed by atoms with Crippen LogP contribution in [-0.4, -0.2) is 0 Å². The van der Waals surface area contributed by atoms with Crippen LogP contribution in [0.25, 0.3) is 11.1 Å². The van der Waals surface area contributed by atoms with Crippen molar-refractivity contribution in [1.29, 1.82) is 5.26 Å². The van der Waals surface area contributed by atoms with E-state index in [1.54, 1.807) is 0 Å². The normalized spacial score (nSPS) is 18.4. The first-order valence-corrected chi connectivity index (χ1v) is 7.50. The van der Waals surface area contributed by atoms with Gasteiger partial charge in [-0.2, -0.15) is 5.26 Å². The SMILES string of the molecule is N#Cc1ccc2c(c1)-c1ccccc1C21CCCCC1. The predicted molar refractivity (Wildman–Crippen MR) is 80.5 cm³/mol. The first-order chi connectivity index (χ1) is 9.85. The highest BCUT2D eigenvalue weighted by atomic mass is 14.5. The second kappa shape index (κ2) is 4.21. The van der Waals surface area contributed by atoms with Gasteiger partial charge in [0.2, 0.25) is 0 Å². The van der Waals surface area contributed by atoms with Crippen LogP contribution in [0.1, 0.15) is 48.8 Å². The highest BCUT2D eigenvalue weighted by molar-refractivity contribution is 5.82. The summed E-state index contributed by atoms with van der Waals surface area (Å²) in [6, 6.07) is 17.3. The van der Waals surface area contributed by atoms with Crippen LogP contribution >= 0.6 is 0 Å². The number of rotatable bonds is 0. The van der Waals surface area contributed by atoms with Gasteiger partial charge in [0.25, 0.3) is 0 Å². The van der Waals surface area contributed by atoms with E-state index >= 15 is 0 Å². The van der Waals surface area contributed by atoms with E-state index in [1.165, 1.54) is 54.4 Å². The van der Waals surface area contributed by atoms with Crippen LogP contribution in [0.4, 0.5) is 0 Å². The van der Waals surface area contributed by atoms with Crippen molar-refractivity contribution < 1.29 is 0 Å². The zero-order chi connectivity index (χ0) is 13.6. The molecule has 1 nitrogen and oxygen atoms in total. The number of fused-ring (bicyclic) bond motifs is 5. The first-order valence-electron chi connectivity index (χ1n) is 7.50. The van der Waals surface area contributed by atoms with Gasteiger partial charge >= 0.3 is 0 Å². The predicted octanol–water partition coefficient (Wildman–Crippen LogP) is 4.79. The van der Waals surface area contributed by atoms with E-state index in [-0.39, 0.29) is 5.41 Å². The molecular weight excluding hydrogens is 242 g/mol. The minimum atomic E-state index is 0.220. The lowest BCUT2D eigenvalue weighted by atomic mass is 9.68. The second-order valence-electron chi connectivity index (χ2n) is 6.06. The van der Waals surface area contributed by atoms with Crippen LogP contribution in [0, 0.1) is 11.3 Å². The molecule has 20 heavy (non-hydrogen) atoms. The molecule has 1 heteroatoms. The molecule has 98 valence electrons. The van der Waals surface area contributed by atoms with Crippen LogP contribution in [0.15, 0.2) is 42.5 Å². The molecule has 0 saturated heterocycles. The van der Waals surface area contributed by atoms with Gasteiger partial charge in [-0.25, -0.2) is 0 Å². The molecule has 2 aliphatic carbocycles. The van der Waals surface area contributed by atoms with Crippen molar-refractivity contribution in [3.05, 3.63) is 59.2 Å². The molecule has 0 radical (unpaired) electrons. The molecule has 1 saturated carbocycles. The summed E-state index contributed by atoms with van der Waals surface area (Å²) in [6.07, 6.45) is 6.49. The third-order valence-electron chi connectivity index (χ3n) is 5.10. The summed E-state index contributed by atoms with van der Waals surface area (Å²) in [4.78, 5) is 0. The zero-order valence-electron chi connectivity index (χ0n) is 11.5. The van der Waals surface area contributed by atoms with Gasteiger partial charge in [-0.05, 0) is 47.2 Å². The standard InChI is InChI=1S/C19H17N/c20-13-14-8-9-18-16(12-14)15-6-2-3-7-17(15)19(18)10-4-1-5-11-19/h2-3,6-9,12H,1,4-5,10-11H2. The van der Waals surface area contributed by atoms with Crippen molar-refractivity contribution in [3.63, 3.8) is 0 Å². The Balaban J connectivity index is 2.02. The average molecular weight is 259 g/mol. The number of hydrogen-bond acceptors (Lipinski definition) is 1. The maximum atomic E-state index is 9.17. The molecule has 0 atom stereocenters. The Kier molecular flexibility index (Phi) is 2.47. The molecule has 2 aromatic carbocycles. The third kappa shape index (κ3) is 1.42. The van der Waals surface area contributed by atoms with Crippen LogP contribution in [0.2, 0.25) is 0 Å². The average Bonchev–Trinajstić information content (AvgIpc) is 2.79. The first kappa shape index (κ1) is 11.7. The number of benzene rings is 2. The summed E-state index contributed by atoms with van der Waals surface area (Å²) < 4.78 is 0. The number of nitrogens with zero attached hydrogens (tertiary/aromatic N) is 1. The zero-order valence-corrected chi connectivity index (χ0v) is 11.5. The molecule has 0 N–H and O–H groups in total. The Morgan fingerprint density at radius 2 is 1.60 bits per heavy atom. The van der Waals surface area contributed by atoms with Crippen molar-refractivity contribution in [2.24, 2.45) is 0 Å². The minimum Gasteiger partial charge on any atom is -0.192 e. The van der Waals surface area contributed by atoms with Gasteiger partial charge in [0.15, 0.2) is 0 Å². The molecule has 4 rings (SSSR count). The lowest BCUT2D eigenvalue weighted by molar-refractivity contribution is 0.353. The monoisotopic (exact) mass is 259 g/mol. The van der Waals surface area contributed by atoms with Crippen molar-refractivity contribution >= 4 is 0 Å². The smallest absolute Gasteiger partial charge is 0.0991 e. The number of hydrogen-bond donors (Lipinski definition) is 0. The van der Waals surface area contributed by atoms with Gasteiger partial charge in [-0.1, -0.05) is 49.6 Å². The summed E-state index contributed by atoms with van der Waals surface area (Å²) >= 11 is 0. The summed E-state index contributed by atoms with van der Waals surface area (Å²) in [6.45, 7) is 0. The summed E-state index contributed by atoms with van der Waals surface area (Å²) in [5, 5.41) is 9.17. The quantitative estimate of drug-likeness (QED) is 0.667. The van der Waals surface area contributed by atoms with Gasteiger partial charge in [-0.15, -0.1) is 0 Å². The minimum absolute atomic E-state index is 0.220. The van der Waals surface area contributed by atoms with Gasteiger partial charge in [0, 0.05) is 5.41 Å². The Morgan fingerprint density at radius 3 is 2.40 bits per heavy atom. The Labute approximate surface area is 119 Å². The van der Waals surface area contributed by atoms with Crippen molar-refractivity contribution in [3.8, 4) is 17.2 Å². The molecule has 1 spiro atoms. The Hall–Kier alpha value is -2.07. The molecule has 0 heterocycles. The maximum Gasteiger partial charge on any atom is 0.0991 e. The molecule has 0 aliphatic heterocycles. The fourth-order valence-electron chi connectivity index (χ4n) is 4.23. The largest absolute Gasteiger partial charge is 0.192 e. The van der Waals surface area contributed by atoms with Crippen molar-refractivity contribution in [2.45, 2.75) is 37.5 Å². The molecule has 2 aromatic rings. The lowest BCUT2D eigenvalue weighted by Gasteiger charge is -2.35. The molecular formula is C19H17N. The van der Waals surface area contributed by atoms with E-state index in [1.807, 2.05) is 6.07 Å². The molecule has 0 amide bonds. The highest BCUT2D eigenvalue weighted by Gasteiger charge is 2.43. The van der Waals surface area contributed by atoms with E-state index in [0.717, 1.165) is 5.56 Å². The van der Waals surface area contributed by atoms with Crippen molar-refractivity contribution in [1.82, 2.24) is 0 Å². The van der Waals surface area contributed by atoms with E-state index in [2.05, 4.69) is 42.5 Å². The van der Waals surface area contributed by atoms with Crippen LogP contribution in [-0.2, 0) is 5.41 Å². The van der Waals surface area contributed by atoms with Gasteiger partial charge in [-0.3, -0.25) is 0 Å². The Bertz CT molecular complexity index is 715. The lowest BCUT2D eigenvalue weighted by Crippen LogP contribution is -2.27. The third-order valence-corrected chi connectivity index (χ3v) is 5.10. The maximum absolute atomic E-state index is 9.17. The van der Waals surface area contributed by atoms with Gasteiger partial charge in [0.1, 0.15) is 0 Å². The Morgan fingerprint density at radius 1 is 0.850 bits per heavy atom. The van der Waals surface area contributed by atoms with Crippen LogP contribution in [0.3, 0.4) is 0 Å². The van der Waals surface area contributed by atoms with Crippen LogP contribution < -0.4 is 0 Å². The highest BCUT2D eigenvalue weighted by Crippen LogP contribution is 2.55. The fraction of sp³-hybridized carbons (Fsp3) is 0.316. The molecule has 0 bridgehead atoms. The van der Waals surface area contributed by atoms with E-state index in [0.29, 0.717) is 0 Å². The van der Waals surface area contributed by atoms with Crippen LogP contribution in [0.5, 0.6) is 0 Å². The fourth-order valence-corrected chi connectivity index (χ4v) is 4.23. The molecule has 0 unspecified atom stereocenters. The number of nitriles is 1. The molecule has 2 aliphatic rings. The summed E-state index contributed by atoms with van der Waals surface area (Å²) in [7, 11) is 0. The summed E-state index contributed by atoms with van der Waals surface area (Å²) in [5.74, 6) is 0. The molecule has 0 aromatic heterocycles. The second-order valence-corrected chi connectivity index (χ2v) is 6.06. The van der Waals surface area contributed by atoms with Gasteiger partial charge < -0.3 is 0 Å². The van der Waals surface area contributed by atoms with Crippen molar-refractivity contribution in [2.75, 3.05) is 0 Å². The van der Waals surface area contributed by atoms with E-state index in [4.69, 9.17) is 5.26 Å². The topological polar surface area (TPSA) is 23.8 Å². The van der Waals surface area contributed by atoms with E-state index < -0.39 is 0 Å². The van der Waals surface area contributed by atoms with Gasteiger partial charge in [0.05, 0.1) is 11.6 Å². The molecule has 1 fully saturated rings. The summed E-state index contributed by atoms with van der Waals surface area (Å²) in [5.41, 5.74) is 6.58.